The number of Topliss-reactive ketones (excluding diaryl/α,β-unsaturated/α-hetero) is 1. The highest BCUT2D eigenvalue weighted by Crippen LogP contribution is 2.42. The number of thiazole rings is 1. The Balaban J connectivity index is 1.69. The van der Waals surface area contributed by atoms with Gasteiger partial charge in [0.2, 0.25) is 0 Å². The van der Waals surface area contributed by atoms with Gasteiger partial charge in [0.1, 0.15) is 16.7 Å². The van der Waals surface area contributed by atoms with Gasteiger partial charge in [0.05, 0.1) is 16.6 Å². The molecule has 1 fully saturated rings. The lowest BCUT2D eigenvalue weighted by Crippen LogP contribution is -2.11. The number of unbranched alkanes of at least 4 members (excludes halogenated alkanes) is 1. The molecule has 1 aliphatic heterocycles. The predicted molar refractivity (Wildman–Crippen MR) is 118 cm³/mol. The first-order valence-corrected chi connectivity index (χ1v) is 10.9. The van der Waals surface area contributed by atoms with Crippen molar-refractivity contribution >= 4 is 50.8 Å². The smallest absolute Gasteiger partial charge is 0.186 e. The lowest BCUT2D eigenvalue weighted by Gasteiger charge is -2.11. The molecule has 0 bridgehead atoms. The number of aromatic nitrogens is 1. The summed E-state index contributed by atoms with van der Waals surface area (Å²) in [5.74, 6) is 0.265. The lowest BCUT2D eigenvalue weighted by atomic mass is 10.0. The highest BCUT2D eigenvalue weighted by molar-refractivity contribution is 8.19. The summed E-state index contributed by atoms with van der Waals surface area (Å²) in [6, 6.07) is 12.0. The molecule has 0 amide bonds. The van der Waals surface area contributed by atoms with Crippen molar-refractivity contribution in [2.75, 3.05) is 6.61 Å². The maximum atomic E-state index is 12.9. The Bertz CT molecular complexity index is 1060. The number of benzene rings is 2. The lowest BCUT2D eigenvalue weighted by molar-refractivity contribution is -0.114. The van der Waals surface area contributed by atoms with E-state index in [0.29, 0.717) is 21.6 Å². The molecule has 0 spiro atoms. The minimum absolute atomic E-state index is 0.0442. The second kappa shape index (κ2) is 8.29. The molecule has 1 aliphatic rings. The fraction of sp³-hybridized carbons (Fsp3) is 0.227. The van der Waals surface area contributed by atoms with Crippen LogP contribution in [0.1, 0.15) is 36.3 Å². The van der Waals surface area contributed by atoms with Crippen LogP contribution in [0.5, 0.6) is 5.75 Å². The van der Waals surface area contributed by atoms with Crippen LogP contribution in [0.4, 0.5) is 0 Å². The molecule has 6 heteroatoms. The summed E-state index contributed by atoms with van der Waals surface area (Å²) in [6.07, 6.45) is 5.68. The number of nitrogens with one attached hydrogen (secondary N) is 1. The van der Waals surface area contributed by atoms with Crippen LogP contribution in [0.2, 0.25) is 0 Å². The molecule has 142 valence electrons. The van der Waals surface area contributed by atoms with Crippen LogP contribution in [0.15, 0.2) is 52.9 Å². The Morgan fingerprint density at radius 2 is 2.04 bits per heavy atom. The molecule has 1 aromatic heterocycles. The van der Waals surface area contributed by atoms with Crippen LogP contribution in [-0.2, 0) is 4.79 Å². The Hall–Kier alpha value is -2.44. The van der Waals surface area contributed by atoms with Gasteiger partial charge in [-0.15, -0.1) is 11.3 Å². The Kier molecular flexibility index (Phi) is 5.59. The number of rotatable bonds is 6. The highest BCUT2D eigenvalue weighted by atomic mass is 32.2. The molecule has 0 radical (unpaired) electrons. The number of ketones is 1. The number of carbonyl (C=O) groups excluding carboxylic acids is 1. The molecular weight excluding hydrogens is 388 g/mol. The van der Waals surface area contributed by atoms with Gasteiger partial charge < -0.3 is 4.74 Å². The largest absolute Gasteiger partial charge is 0.493 e. The SMILES string of the molecule is CCCCOc1ccc(/C=C2\SC(=N)[C@@H](c3nccs3)C2=O)c2ccccc12. The fourth-order valence-corrected chi connectivity index (χ4v) is 5.00. The van der Waals surface area contributed by atoms with Gasteiger partial charge in [-0.3, -0.25) is 10.2 Å². The average molecular weight is 409 g/mol. The molecule has 0 unspecified atom stereocenters. The van der Waals surface area contributed by atoms with Crippen molar-refractivity contribution < 1.29 is 9.53 Å². The van der Waals surface area contributed by atoms with Gasteiger partial charge in [0.15, 0.2) is 5.78 Å². The molecule has 2 aromatic carbocycles. The number of nitrogens with zero attached hydrogens (tertiary/aromatic N) is 1. The quantitative estimate of drug-likeness (QED) is 0.408. The molecule has 0 saturated carbocycles. The molecular formula is C22H20N2O2S2. The number of hydrogen-bond acceptors (Lipinski definition) is 6. The van der Waals surface area contributed by atoms with Crippen molar-refractivity contribution in [2.45, 2.75) is 25.7 Å². The van der Waals surface area contributed by atoms with Crippen molar-refractivity contribution in [3.63, 3.8) is 0 Å². The van der Waals surface area contributed by atoms with E-state index in [-0.39, 0.29) is 5.78 Å². The zero-order chi connectivity index (χ0) is 19.5. The topological polar surface area (TPSA) is 63.0 Å². The normalized spacial score (nSPS) is 18.3. The number of carbonyl (C=O) groups is 1. The second-order valence-corrected chi connectivity index (χ2v) is 8.55. The van der Waals surface area contributed by atoms with Gasteiger partial charge in [-0.25, -0.2) is 4.98 Å². The van der Waals surface area contributed by atoms with Crippen LogP contribution in [-0.4, -0.2) is 22.4 Å². The zero-order valence-corrected chi connectivity index (χ0v) is 17.1. The van der Waals surface area contributed by atoms with E-state index in [1.807, 2.05) is 47.9 Å². The minimum Gasteiger partial charge on any atom is -0.493 e. The Morgan fingerprint density at radius 1 is 1.21 bits per heavy atom. The molecule has 4 rings (SSSR count). The van der Waals surface area contributed by atoms with Gasteiger partial charge in [-0.1, -0.05) is 55.4 Å². The van der Waals surface area contributed by atoms with E-state index in [1.165, 1.54) is 23.1 Å². The van der Waals surface area contributed by atoms with E-state index >= 15 is 0 Å². The number of fused-ring (bicyclic) bond motifs is 1. The third kappa shape index (κ3) is 3.62. The maximum absolute atomic E-state index is 12.9. The van der Waals surface area contributed by atoms with Crippen LogP contribution >= 0.6 is 23.1 Å². The zero-order valence-electron chi connectivity index (χ0n) is 15.5. The Labute approximate surface area is 172 Å². The van der Waals surface area contributed by atoms with Crippen molar-refractivity contribution in [1.82, 2.24) is 4.98 Å². The number of thioether (sulfide) groups is 1. The van der Waals surface area contributed by atoms with Gasteiger partial charge in [0.25, 0.3) is 0 Å². The van der Waals surface area contributed by atoms with E-state index in [9.17, 15) is 4.79 Å². The van der Waals surface area contributed by atoms with E-state index < -0.39 is 5.92 Å². The third-order valence-corrected chi connectivity index (χ3v) is 6.48. The third-order valence-electron chi connectivity index (χ3n) is 4.65. The molecule has 2 heterocycles. The molecule has 1 atom stereocenters. The Morgan fingerprint density at radius 3 is 2.79 bits per heavy atom. The highest BCUT2D eigenvalue weighted by Gasteiger charge is 2.38. The average Bonchev–Trinajstić information content (AvgIpc) is 3.31. The van der Waals surface area contributed by atoms with Crippen molar-refractivity contribution in [3.8, 4) is 5.75 Å². The van der Waals surface area contributed by atoms with Crippen LogP contribution in [0.3, 0.4) is 0 Å². The van der Waals surface area contributed by atoms with E-state index in [4.69, 9.17) is 10.1 Å². The standard InChI is InChI=1S/C22H20N2O2S2/c1-2-3-11-26-17-9-8-14(15-6-4-5-7-16(15)17)13-18-20(25)19(21(23)28-18)22-24-10-12-27-22/h4-10,12-13,19,23H,2-3,11H2,1H3/b18-13-,23-21?/t19-/m0/s1. The van der Waals surface area contributed by atoms with Crippen molar-refractivity contribution in [1.29, 1.82) is 5.41 Å². The number of ether oxygens (including phenoxy) is 1. The molecule has 1 N–H and O–H groups in total. The first kappa shape index (κ1) is 18.9. The van der Waals surface area contributed by atoms with Gasteiger partial charge in [-0.2, -0.15) is 0 Å². The molecule has 28 heavy (non-hydrogen) atoms. The fourth-order valence-electron chi connectivity index (χ4n) is 3.21. The number of hydrogen-bond donors (Lipinski definition) is 1. The molecule has 3 aromatic rings. The van der Waals surface area contributed by atoms with E-state index in [2.05, 4.69) is 11.9 Å². The number of allylic oxidation sites excluding steroid dienone is 1. The summed E-state index contributed by atoms with van der Waals surface area (Å²) < 4.78 is 5.96. The molecule has 4 nitrogen and oxygen atoms in total. The second-order valence-electron chi connectivity index (χ2n) is 6.54. The summed E-state index contributed by atoms with van der Waals surface area (Å²) >= 11 is 2.65. The first-order valence-electron chi connectivity index (χ1n) is 9.25. The molecule has 0 aliphatic carbocycles. The summed E-state index contributed by atoms with van der Waals surface area (Å²) in [7, 11) is 0. The summed E-state index contributed by atoms with van der Waals surface area (Å²) in [4.78, 5) is 17.7. The van der Waals surface area contributed by atoms with E-state index in [0.717, 1.165) is 34.9 Å². The van der Waals surface area contributed by atoms with Crippen LogP contribution < -0.4 is 4.74 Å². The monoisotopic (exact) mass is 408 g/mol. The predicted octanol–water partition coefficient (Wildman–Crippen LogP) is 5.89. The first-order chi connectivity index (χ1) is 13.7. The van der Waals surface area contributed by atoms with Crippen molar-refractivity contribution in [3.05, 3.63) is 63.5 Å². The van der Waals surface area contributed by atoms with Crippen LogP contribution in [0.25, 0.3) is 16.8 Å². The summed E-state index contributed by atoms with van der Waals surface area (Å²) in [5, 5.41) is 13.2. The van der Waals surface area contributed by atoms with Gasteiger partial charge >= 0.3 is 0 Å². The van der Waals surface area contributed by atoms with Gasteiger partial charge in [-0.05, 0) is 29.5 Å². The minimum atomic E-state index is -0.556. The molecule has 1 saturated heterocycles. The maximum Gasteiger partial charge on any atom is 0.186 e. The van der Waals surface area contributed by atoms with Gasteiger partial charge in [0, 0.05) is 17.0 Å². The van der Waals surface area contributed by atoms with Crippen molar-refractivity contribution in [2.24, 2.45) is 0 Å². The van der Waals surface area contributed by atoms with E-state index in [1.54, 1.807) is 6.20 Å². The van der Waals surface area contributed by atoms with Crippen LogP contribution in [0, 0.1) is 5.41 Å². The summed E-state index contributed by atoms with van der Waals surface area (Å²) in [6.45, 7) is 2.84. The summed E-state index contributed by atoms with van der Waals surface area (Å²) in [5.41, 5.74) is 0.960.